The molecule has 2 aromatic carbocycles. The fourth-order valence-electron chi connectivity index (χ4n) is 2.64. The van der Waals surface area contributed by atoms with Gasteiger partial charge in [0.15, 0.2) is 0 Å². The number of halogens is 3. The number of aromatic nitrogens is 1. The summed E-state index contributed by atoms with van der Waals surface area (Å²) in [6, 6.07) is 16.5. The zero-order valence-corrected chi connectivity index (χ0v) is 18.6. The molecule has 0 aliphatic carbocycles. The second-order valence-electron chi connectivity index (χ2n) is 5.42. The van der Waals surface area contributed by atoms with E-state index in [1.54, 1.807) is 0 Å². The topological polar surface area (TPSA) is 17.3 Å². The van der Waals surface area contributed by atoms with Crippen LogP contribution in [0.25, 0.3) is 5.69 Å². The zero-order valence-electron chi connectivity index (χ0n) is 13.2. The lowest BCUT2D eigenvalue weighted by Gasteiger charge is -2.09. The van der Waals surface area contributed by atoms with Crippen LogP contribution in [0.5, 0.6) is 0 Å². The summed E-state index contributed by atoms with van der Waals surface area (Å²) in [6.45, 7) is 4.24. The van der Waals surface area contributed by atoms with E-state index in [-0.39, 0.29) is 0 Å². The van der Waals surface area contributed by atoms with Crippen LogP contribution in [0.2, 0.25) is 0 Å². The van der Waals surface area contributed by atoms with Crippen molar-refractivity contribution in [1.29, 1.82) is 0 Å². The summed E-state index contributed by atoms with van der Waals surface area (Å²) >= 11 is 9.53. The summed E-state index contributed by atoms with van der Waals surface area (Å²) in [6.07, 6.45) is 1.94. The molecule has 0 saturated carbocycles. The molecule has 24 heavy (non-hydrogen) atoms. The second kappa shape index (κ2) is 7.54. The molecule has 0 bridgehead atoms. The molecule has 5 heteroatoms. The van der Waals surface area contributed by atoms with E-state index in [9.17, 15) is 0 Å². The van der Waals surface area contributed by atoms with Crippen LogP contribution in [0.3, 0.4) is 0 Å². The van der Waals surface area contributed by atoms with Crippen LogP contribution in [0.4, 0.5) is 5.69 Å². The lowest BCUT2D eigenvalue weighted by molar-refractivity contribution is 0.962. The molecule has 0 radical (unpaired) electrons. The SMILES string of the molecule is Cc1c(Br)c(C=Nc2ccccc2I)c(C)n1-c1ccc(Br)cc1. The monoisotopic (exact) mass is 556 g/mol. The molecule has 0 spiro atoms. The van der Waals surface area contributed by atoms with Gasteiger partial charge in [0.05, 0.1) is 5.69 Å². The van der Waals surface area contributed by atoms with Gasteiger partial charge in [0.1, 0.15) is 0 Å². The fourth-order valence-corrected chi connectivity index (χ4v) is 4.00. The summed E-state index contributed by atoms with van der Waals surface area (Å²) in [5.74, 6) is 0. The Kier molecular flexibility index (Phi) is 5.62. The number of benzene rings is 2. The lowest BCUT2D eigenvalue weighted by atomic mass is 10.2. The Balaban J connectivity index is 2.06. The summed E-state index contributed by atoms with van der Waals surface area (Å²) in [7, 11) is 0. The van der Waals surface area contributed by atoms with Gasteiger partial charge < -0.3 is 4.57 Å². The van der Waals surface area contributed by atoms with E-state index in [4.69, 9.17) is 0 Å². The second-order valence-corrected chi connectivity index (χ2v) is 8.29. The number of hydrogen-bond donors (Lipinski definition) is 0. The van der Waals surface area contributed by atoms with Gasteiger partial charge in [0, 0.05) is 41.4 Å². The Bertz CT molecular complexity index is 912. The van der Waals surface area contributed by atoms with E-state index >= 15 is 0 Å². The van der Waals surface area contributed by atoms with Crippen LogP contribution in [-0.2, 0) is 0 Å². The molecule has 0 N–H and O–H groups in total. The molecule has 0 aliphatic rings. The maximum atomic E-state index is 4.68. The van der Waals surface area contributed by atoms with E-state index in [1.807, 2.05) is 24.4 Å². The highest BCUT2D eigenvalue weighted by atomic mass is 127. The predicted molar refractivity (Wildman–Crippen MR) is 117 cm³/mol. The largest absolute Gasteiger partial charge is 0.317 e. The molecular formula is C19H15Br2IN2. The van der Waals surface area contributed by atoms with E-state index in [0.29, 0.717) is 0 Å². The van der Waals surface area contributed by atoms with Crippen LogP contribution in [-0.4, -0.2) is 10.8 Å². The maximum Gasteiger partial charge on any atom is 0.0763 e. The summed E-state index contributed by atoms with van der Waals surface area (Å²) in [5, 5.41) is 0. The molecule has 1 heterocycles. The molecule has 0 atom stereocenters. The van der Waals surface area contributed by atoms with Crippen LogP contribution in [0.1, 0.15) is 17.0 Å². The number of hydrogen-bond acceptors (Lipinski definition) is 1. The zero-order chi connectivity index (χ0) is 17.3. The van der Waals surface area contributed by atoms with Crippen molar-refractivity contribution in [2.24, 2.45) is 4.99 Å². The van der Waals surface area contributed by atoms with Crippen molar-refractivity contribution in [2.45, 2.75) is 13.8 Å². The van der Waals surface area contributed by atoms with Gasteiger partial charge in [-0.05, 0) is 88.8 Å². The Morgan fingerprint density at radius 1 is 0.958 bits per heavy atom. The first-order valence-electron chi connectivity index (χ1n) is 7.41. The van der Waals surface area contributed by atoms with Crippen molar-refractivity contribution in [2.75, 3.05) is 0 Å². The number of para-hydroxylation sites is 1. The van der Waals surface area contributed by atoms with Crippen molar-refractivity contribution >= 4 is 66.4 Å². The first-order chi connectivity index (χ1) is 11.5. The average molecular weight is 558 g/mol. The first-order valence-corrected chi connectivity index (χ1v) is 10.1. The highest BCUT2D eigenvalue weighted by molar-refractivity contribution is 14.1. The molecule has 1 aromatic heterocycles. The minimum absolute atomic E-state index is 0.985. The van der Waals surface area contributed by atoms with Crippen LogP contribution < -0.4 is 0 Å². The Morgan fingerprint density at radius 2 is 1.62 bits per heavy atom. The minimum Gasteiger partial charge on any atom is -0.317 e. The summed E-state index contributed by atoms with van der Waals surface area (Å²) < 4.78 is 5.54. The molecule has 0 unspecified atom stereocenters. The highest BCUT2D eigenvalue weighted by Gasteiger charge is 2.15. The molecule has 122 valence electrons. The molecule has 3 aromatic rings. The van der Waals surface area contributed by atoms with Crippen molar-refractivity contribution in [3.63, 3.8) is 0 Å². The quantitative estimate of drug-likeness (QED) is 0.244. The van der Waals surface area contributed by atoms with Gasteiger partial charge in [-0.25, -0.2) is 0 Å². The van der Waals surface area contributed by atoms with Crippen molar-refractivity contribution in [3.8, 4) is 5.69 Å². The van der Waals surface area contributed by atoms with Crippen LogP contribution in [0, 0.1) is 17.4 Å². The summed E-state index contributed by atoms with van der Waals surface area (Å²) in [5.41, 5.74) is 5.56. The van der Waals surface area contributed by atoms with Crippen molar-refractivity contribution in [3.05, 3.63) is 78.0 Å². The van der Waals surface area contributed by atoms with E-state index in [2.05, 4.69) is 108 Å². The Morgan fingerprint density at radius 3 is 2.29 bits per heavy atom. The first kappa shape index (κ1) is 17.9. The molecule has 2 nitrogen and oxygen atoms in total. The predicted octanol–water partition coefficient (Wildman–Crippen LogP) is 6.97. The number of aliphatic imine (C=N–C) groups is 1. The van der Waals surface area contributed by atoms with Crippen LogP contribution >= 0.6 is 54.5 Å². The fraction of sp³-hybridized carbons (Fsp3) is 0.105. The van der Waals surface area contributed by atoms with Gasteiger partial charge in [-0.3, -0.25) is 4.99 Å². The smallest absolute Gasteiger partial charge is 0.0763 e. The van der Waals surface area contributed by atoms with Gasteiger partial charge in [0.25, 0.3) is 0 Å². The van der Waals surface area contributed by atoms with Gasteiger partial charge in [0.2, 0.25) is 0 Å². The Hall–Kier alpha value is -0.920. The third kappa shape index (κ3) is 3.53. The van der Waals surface area contributed by atoms with Crippen LogP contribution in [0.15, 0.2) is 62.5 Å². The van der Waals surface area contributed by atoms with E-state index < -0.39 is 0 Å². The number of rotatable bonds is 3. The summed E-state index contributed by atoms with van der Waals surface area (Å²) in [4.78, 5) is 4.68. The lowest BCUT2D eigenvalue weighted by Crippen LogP contribution is -1.99. The average Bonchev–Trinajstić information content (AvgIpc) is 2.78. The van der Waals surface area contributed by atoms with Gasteiger partial charge >= 0.3 is 0 Å². The van der Waals surface area contributed by atoms with Crippen molar-refractivity contribution < 1.29 is 0 Å². The molecule has 0 amide bonds. The van der Waals surface area contributed by atoms with E-state index in [0.717, 1.165) is 35.1 Å². The maximum absolute atomic E-state index is 4.68. The standard InChI is InChI=1S/C19H15Br2IN2/c1-12-16(11-23-18-6-4-3-5-17(18)22)19(21)13(2)24(12)15-9-7-14(20)8-10-15/h3-11H,1-2H3. The van der Waals surface area contributed by atoms with E-state index in [1.165, 1.54) is 5.69 Å². The molecule has 0 saturated heterocycles. The third-order valence-corrected chi connectivity index (χ3v) is 6.33. The third-order valence-electron chi connectivity index (χ3n) is 3.88. The van der Waals surface area contributed by atoms with Gasteiger partial charge in [-0.15, -0.1) is 0 Å². The number of nitrogens with zero attached hydrogens (tertiary/aromatic N) is 2. The normalized spacial score (nSPS) is 11.4. The van der Waals surface area contributed by atoms with Gasteiger partial charge in [-0.2, -0.15) is 0 Å². The Labute approximate surface area is 172 Å². The highest BCUT2D eigenvalue weighted by Crippen LogP contribution is 2.30. The van der Waals surface area contributed by atoms with Gasteiger partial charge in [-0.1, -0.05) is 28.1 Å². The molecule has 3 rings (SSSR count). The van der Waals surface area contributed by atoms with Crippen molar-refractivity contribution in [1.82, 2.24) is 4.57 Å². The molecular weight excluding hydrogens is 543 g/mol. The minimum atomic E-state index is 0.985. The molecule has 0 aliphatic heterocycles. The molecule has 0 fully saturated rings.